The molecule has 6 N–H and O–H groups in total. The minimum absolute atomic E-state index is 0.0433. The van der Waals surface area contributed by atoms with Crippen molar-refractivity contribution < 1.29 is 50.1 Å². The fourth-order valence-electron chi connectivity index (χ4n) is 3.70. The number of nitrogens with one attached hydrogen (secondary N) is 4. The quantitative estimate of drug-likeness (QED) is 0.0439. The number of carbonyl (C=O) groups excluding carboxylic acids is 2. The highest BCUT2D eigenvalue weighted by Gasteiger charge is 2.42. The van der Waals surface area contributed by atoms with Gasteiger partial charge in [0.25, 0.3) is 5.91 Å². The van der Waals surface area contributed by atoms with Crippen LogP contribution in [0.2, 0.25) is 0 Å². The van der Waals surface area contributed by atoms with Crippen molar-refractivity contribution in [2.24, 2.45) is 5.73 Å². The number of anilines is 2. The van der Waals surface area contributed by atoms with E-state index < -0.39 is 47.4 Å². The number of amides is 1. The number of pyridine rings is 1. The van der Waals surface area contributed by atoms with Crippen molar-refractivity contribution in [3.8, 4) is 17.2 Å². The number of hydrogen-bond donors (Lipinski definition) is 5. The molecule has 17 heteroatoms. The number of alkyl halides is 6. The fourth-order valence-corrected chi connectivity index (χ4v) is 3.70. The number of hydrazine groups is 1. The third-order valence-electron chi connectivity index (χ3n) is 5.65. The molecule has 1 aromatic heterocycles. The summed E-state index contributed by atoms with van der Waals surface area (Å²) in [6.45, 7) is 5.52. The number of amidine groups is 1. The van der Waals surface area contributed by atoms with Gasteiger partial charge in [-0.2, -0.15) is 26.3 Å². The second-order valence-electron chi connectivity index (χ2n) is 9.44. The maximum atomic E-state index is 13.4. The molecule has 0 spiro atoms. The summed E-state index contributed by atoms with van der Waals surface area (Å²) in [6.07, 6.45) is -9.65. The Morgan fingerprint density at radius 1 is 0.978 bits per heavy atom. The Kier molecular flexibility index (Phi) is 10.7. The van der Waals surface area contributed by atoms with E-state index in [9.17, 15) is 35.9 Å². The summed E-state index contributed by atoms with van der Waals surface area (Å²) in [7, 11) is 0. The highest BCUT2D eigenvalue weighted by atomic mass is 19.4. The van der Waals surface area contributed by atoms with Gasteiger partial charge in [-0.05, 0) is 62.7 Å². The van der Waals surface area contributed by atoms with Crippen molar-refractivity contribution in [2.45, 2.75) is 45.3 Å². The number of carbonyl (C=O) groups is 2. The van der Waals surface area contributed by atoms with Gasteiger partial charge in [0, 0.05) is 18.0 Å². The number of halogens is 6. The second-order valence-corrected chi connectivity index (χ2v) is 9.44. The molecule has 1 amide bonds. The van der Waals surface area contributed by atoms with Crippen molar-refractivity contribution in [1.29, 1.82) is 5.41 Å². The van der Waals surface area contributed by atoms with Gasteiger partial charge < -0.3 is 25.3 Å². The van der Waals surface area contributed by atoms with Crippen LogP contribution in [0.5, 0.6) is 17.2 Å². The highest BCUT2D eigenvalue weighted by Crippen LogP contribution is 2.34. The molecule has 1 unspecified atom stereocenters. The van der Waals surface area contributed by atoms with Crippen molar-refractivity contribution in [1.82, 2.24) is 10.4 Å². The molecule has 11 nitrogen and oxygen atoms in total. The van der Waals surface area contributed by atoms with E-state index in [1.807, 2.05) is 0 Å². The van der Waals surface area contributed by atoms with Gasteiger partial charge in [-0.15, -0.1) is 0 Å². The Morgan fingerprint density at radius 2 is 1.69 bits per heavy atom. The molecule has 0 radical (unpaired) electrons. The van der Waals surface area contributed by atoms with E-state index in [1.165, 1.54) is 24.3 Å². The Hall–Kier alpha value is -5.22. The molecule has 1 atom stereocenters. The average Bonchev–Trinajstić information content (AvgIpc) is 2.94. The SMILES string of the molecule is CCOc1cc(C(Nc2ccc(C(=N)N)c(OC(=O)C(F)(F)F)c2)C(=O)NNc2ccc(C(F)(F)F)cn2)ccc1OC(C)C. The monoisotopic (exact) mass is 642 g/mol. The van der Waals surface area contributed by atoms with E-state index in [0.29, 0.717) is 11.9 Å². The Bertz CT molecular complexity index is 1530. The third kappa shape index (κ3) is 9.38. The van der Waals surface area contributed by atoms with Gasteiger partial charge in [0.2, 0.25) is 0 Å². The fraction of sp³-hybridized carbons (Fsp3) is 0.286. The summed E-state index contributed by atoms with van der Waals surface area (Å²) in [5, 5.41) is 10.4. The highest BCUT2D eigenvalue weighted by molar-refractivity contribution is 5.99. The molecule has 242 valence electrons. The molecule has 0 bridgehead atoms. The van der Waals surface area contributed by atoms with Gasteiger partial charge in [0.15, 0.2) is 11.5 Å². The predicted molar refractivity (Wildman–Crippen MR) is 150 cm³/mol. The number of esters is 1. The second kappa shape index (κ2) is 14.0. The normalized spacial score (nSPS) is 12.2. The smallest absolute Gasteiger partial charge is 0.490 e. The zero-order chi connectivity index (χ0) is 33.5. The molecule has 0 aliphatic carbocycles. The lowest BCUT2D eigenvalue weighted by atomic mass is 10.0. The van der Waals surface area contributed by atoms with Crippen LogP contribution >= 0.6 is 0 Å². The van der Waals surface area contributed by atoms with Crippen LogP contribution in [-0.4, -0.2) is 41.6 Å². The van der Waals surface area contributed by atoms with Crippen LogP contribution in [-0.2, 0) is 15.8 Å². The van der Waals surface area contributed by atoms with Gasteiger partial charge >= 0.3 is 18.3 Å². The topological polar surface area (TPSA) is 161 Å². The van der Waals surface area contributed by atoms with Crippen LogP contribution in [0.1, 0.15) is 43.5 Å². The number of aromatic nitrogens is 1. The van der Waals surface area contributed by atoms with Gasteiger partial charge in [-0.25, -0.2) is 9.78 Å². The largest absolute Gasteiger partial charge is 0.491 e. The van der Waals surface area contributed by atoms with Crippen LogP contribution in [0.15, 0.2) is 54.7 Å². The van der Waals surface area contributed by atoms with E-state index in [0.717, 1.165) is 24.3 Å². The van der Waals surface area contributed by atoms with Crippen molar-refractivity contribution >= 4 is 29.2 Å². The minimum atomic E-state index is -5.35. The molecule has 0 saturated carbocycles. The number of nitrogens with two attached hydrogens (primary N) is 1. The first-order valence-electron chi connectivity index (χ1n) is 13.1. The maximum Gasteiger partial charge on any atom is 0.491 e. The molecular formula is C28H28F6N6O5. The van der Waals surface area contributed by atoms with Crippen LogP contribution < -0.4 is 36.1 Å². The predicted octanol–water partition coefficient (Wildman–Crippen LogP) is 5.33. The van der Waals surface area contributed by atoms with Gasteiger partial charge in [-0.1, -0.05) is 6.07 Å². The molecule has 0 aliphatic heterocycles. The summed E-state index contributed by atoms with van der Waals surface area (Å²) < 4.78 is 93.2. The van der Waals surface area contributed by atoms with Crippen molar-refractivity contribution in [3.63, 3.8) is 0 Å². The molecular weight excluding hydrogens is 614 g/mol. The standard InChI is InChI=1S/C28H28F6N6O5/c1-4-43-21-11-15(5-9-19(21)44-14(2)3)23(25(41)40-39-22-10-6-16(13-37-22)27(29,30)31)38-17-7-8-18(24(35)36)20(12-17)45-26(42)28(32,33)34/h5-14,23,38H,4H2,1-3H3,(H3,35,36)(H,37,39)(H,40,41). The van der Waals surface area contributed by atoms with Crippen molar-refractivity contribution in [3.05, 3.63) is 71.4 Å². The lowest BCUT2D eigenvalue weighted by molar-refractivity contribution is -0.189. The summed E-state index contributed by atoms with van der Waals surface area (Å²) in [5.41, 5.74) is 9.02. The van der Waals surface area contributed by atoms with Crippen LogP contribution in [0.4, 0.5) is 37.8 Å². The molecule has 2 aromatic carbocycles. The van der Waals surface area contributed by atoms with E-state index in [2.05, 4.69) is 25.9 Å². The molecule has 0 fully saturated rings. The summed E-state index contributed by atoms with van der Waals surface area (Å²) in [5.74, 6) is -4.33. The van der Waals surface area contributed by atoms with Gasteiger partial charge in [0.05, 0.1) is 23.8 Å². The summed E-state index contributed by atoms with van der Waals surface area (Å²) >= 11 is 0. The van der Waals surface area contributed by atoms with Crippen LogP contribution in [0, 0.1) is 5.41 Å². The molecule has 0 aliphatic rings. The molecule has 3 rings (SSSR count). The maximum absolute atomic E-state index is 13.4. The third-order valence-corrected chi connectivity index (χ3v) is 5.65. The Morgan fingerprint density at radius 3 is 2.24 bits per heavy atom. The minimum Gasteiger partial charge on any atom is -0.490 e. The van der Waals surface area contributed by atoms with E-state index >= 15 is 0 Å². The first kappa shape index (κ1) is 34.3. The number of nitrogens with zero attached hydrogens (tertiary/aromatic N) is 1. The van der Waals surface area contributed by atoms with E-state index in [-0.39, 0.29) is 41.1 Å². The number of ether oxygens (including phenoxy) is 3. The summed E-state index contributed by atoms with van der Waals surface area (Å²) in [4.78, 5) is 28.6. The molecule has 1 heterocycles. The average molecular weight is 643 g/mol. The summed E-state index contributed by atoms with van der Waals surface area (Å²) in [6, 6.07) is 8.20. The molecule has 3 aromatic rings. The number of benzene rings is 2. The number of rotatable bonds is 12. The first-order chi connectivity index (χ1) is 21.0. The molecule has 0 saturated heterocycles. The number of nitrogen functional groups attached to an aromatic ring is 1. The van der Waals surface area contributed by atoms with Crippen LogP contribution in [0.3, 0.4) is 0 Å². The van der Waals surface area contributed by atoms with Crippen molar-refractivity contribution in [2.75, 3.05) is 17.3 Å². The zero-order valence-corrected chi connectivity index (χ0v) is 23.9. The Balaban J connectivity index is 2.00. The molecule has 45 heavy (non-hydrogen) atoms. The lowest BCUT2D eigenvalue weighted by Crippen LogP contribution is -2.37. The zero-order valence-electron chi connectivity index (χ0n) is 23.9. The van der Waals surface area contributed by atoms with Gasteiger partial charge in [0.1, 0.15) is 23.4 Å². The first-order valence-corrected chi connectivity index (χ1v) is 13.1. The number of hydrogen-bond acceptors (Lipinski definition) is 9. The van der Waals surface area contributed by atoms with Crippen LogP contribution in [0.25, 0.3) is 0 Å². The Labute approximate surface area is 252 Å². The lowest BCUT2D eigenvalue weighted by Gasteiger charge is -2.23. The van der Waals surface area contributed by atoms with Gasteiger partial charge in [-0.3, -0.25) is 21.1 Å². The van der Waals surface area contributed by atoms with E-state index in [4.69, 9.17) is 20.6 Å². The van der Waals surface area contributed by atoms with E-state index in [1.54, 1.807) is 20.8 Å².